The van der Waals surface area contributed by atoms with Crippen LogP contribution in [0.2, 0.25) is 0 Å². The molecule has 2 N–H and O–H groups in total. The van der Waals surface area contributed by atoms with Crippen LogP contribution in [-0.4, -0.2) is 78.8 Å². The first kappa shape index (κ1) is 26.0. The van der Waals surface area contributed by atoms with Crippen molar-refractivity contribution in [1.29, 1.82) is 0 Å². The van der Waals surface area contributed by atoms with Gasteiger partial charge in [-0.15, -0.1) is 0 Å². The highest BCUT2D eigenvalue weighted by atomic mass is 32.2. The van der Waals surface area contributed by atoms with E-state index in [1.807, 2.05) is 0 Å². The molecule has 1 heterocycles. The molecule has 0 spiro atoms. The minimum absolute atomic E-state index is 0.0548. The lowest BCUT2D eigenvalue weighted by Gasteiger charge is -2.16. The molecule has 0 radical (unpaired) electrons. The summed E-state index contributed by atoms with van der Waals surface area (Å²) in [6.45, 7) is 0.884. The maximum absolute atomic E-state index is 11.4. The van der Waals surface area contributed by atoms with E-state index in [4.69, 9.17) is 28.4 Å². The molecule has 0 aliphatic carbocycles. The summed E-state index contributed by atoms with van der Waals surface area (Å²) in [6.07, 6.45) is 0. The van der Waals surface area contributed by atoms with Gasteiger partial charge in [-0.1, -0.05) is 0 Å². The van der Waals surface area contributed by atoms with Gasteiger partial charge in [-0.05, 0) is 24.3 Å². The third-order valence-corrected chi connectivity index (χ3v) is 6.07. The maximum Gasteiger partial charge on any atom is 0.294 e. The molecule has 0 saturated carbocycles. The van der Waals surface area contributed by atoms with Gasteiger partial charge in [0.05, 0.1) is 36.2 Å². The molecule has 0 unspecified atom stereocenters. The predicted molar refractivity (Wildman–Crippen MR) is 116 cm³/mol. The van der Waals surface area contributed by atoms with E-state index in [-0.39, 0.29) is 85.6 Å². The lowest BCUT2D eigenvalue weighted by atomic mass is 10.3. The van der Waals surface area contributed by atoms with Gasteiger partial charge >= 0.3 is 0 Å². The van der Waals surface area contributed by atoms with Gasteiger partial charge in [0.1, 0.15) is 26.4 Å². The summed E-state index contributed by atoms with van der Waals surface area (Å²) in [5, 5.41) is 0. The van der Waals surface area contributed by atoms with E-state index in [2.05, 4.69) is 0 Å². The Morgan fingerprint density at radius 3 is 1.15 bits per heavy atom. The fraction of sp³-hybridized carbons (Fsp3) is 0.400. The average molecular weight is 521 g/mol. The van der Waals surface area contributed by atoms with Crippen molar-refractivity contribution in [2.45, 2.75) is 9.79 Å². The van der Waals surface area contributed by atoms with Crippen LogP contribution in [-0.2, 0) is 29.7 Å². The van der Waals surface area contributed by atoms with Crippen LogP contribution in [0.15, 0.2) is 46.2 Å². The highest BCUT2D eigenvalue weighted by Gasteiger charge is 2.16. The largest absolute Gasteiger partial charge is 0.487 e. The summed E-state index contributed by atoms with van der Waals surface area (Å²) in [5.41, 5.74) is 0. The summed E-state index contributed by atoms with van der Waals surface area (Å²) in [5.74, 6) is 0.734. The topological polar surface area (TPSA) is 164 Å². The summed E-state index contributed by atoms with van der Waals surface area (Å²) < 4.78 is 97.3. The predicted octanol–water partition coefficient (Wildman–Crippen LogP) is 1.44. The Labute approximate surface area is 196 Å². The van der Waals surface area contributed by atoms with Gasteiger partial charge in [-0.25, -0.2) is 0 Å². The van der Waals surface area contributed by atoms with E-state index in [9.17, 15) is 25.9 Å². The standard InChI is InChI=1S/C20H24O12S2/c21-33(22,23)15-1-3-17-19(13-15)31-11-7-28-6-10-30-18-4-2-16(34(24,25)26)14-20(18)32-12-8-27-5-9-29-17/h1-4,13-14H,5-12H2,(H,21,22,23)(H,24,25,26). The number of ether oxygens (including phenoxy) is 6. The van der Waals surface area contributed by atoms with Gasteiger partial charge in [0, 0.05) is 12.1 Å². The van der Waals surface area contributed by atoms with Crippen LogP contribution in [0.5, 0.6) is 23.0 Å². The SMILES string of the molecule is O=S(=O)(O)c1ccc2c(c1)OCCOCCOc1ccc(S(=O)(=O)O)cc1OCCOCCO2. The Balaban J connectivity index is 1.68. The molecular weight excluding hydrogens is 496 g/mol. The lowest BCUT2D eigenvalue weighted by Crippen LogP contribution is -2.15. The molecule has 0 amide bonds. The first-order valence-electron chi connectivity index (χ1n) is 10.0. The number of fused-ring (bicyclic) bond motifs is 2. The molecule has 0 saturated heterocycles. The smallest absolute Gasteiger partial charge is 0.294 e. The minimum atomic E-state index is -4.42. The highest BCUT2D eigenvalue weighted by Crippen LogP contribution is 2.31. The van der Waals surface area contributed by atoms with Crippen molar-refractivity contribution in [2.75, 3.05) is 52.9 Å². The molecule has 0 atom stereocenters. The maximum atomic E-state index is 11.4. The molecule has 34 heavy (non-hydrogen) atoms. The Morgan fingerprint density at radius 2 is 0.824 bits per heavy atom. The lowest BCUT2D eigenvalue weighted by molar-refractivity contribution is 0.0639. The molecule has 14 heteroatoms. The van der Waals surface area contributed by atoms with Gasteiger partial charge in [0.25, 0.3) is 20.2 Å². The van der Waals surface area contributed by atoms with Gasteiger partial charge in [0.2, 0.25) is 0 Å². The summed E-state index contributed by atoms with van der Waals surface area (Å²) >= 11 is 0. The molecule has 12 nitrogen and oxygen atoms in total. The van der Waals surface area contributed by atoms with Crippen molar-refractivity contribution in [3.8, 4) is 23.0 Å². The van der Waals surface area contributed by atoms with Crippen LogP contribution >= 0.6 is 0 Å². The van der Waals surface area contributed by atoms with E-state index in [0.29, 0.717) is 0 Å². The molecule has 0 aromatic heterocycles. The van der Waals surface area contributed by atoms with Crippen molar-refractivity contribution in [3.63, 3.8) is 0 Å². The van der Waals surface area contributed by atoms with Crippen molar-refractivity contribution in [3.05, 3.63) is 36.4 Å². The van der Waals surface area contributed by atoms with E-state index in [0.717, 1.165) is 12.1 Å². The van der Waals surface area contributed by atoms with E-state index in [1.54, 1.807) is 0 Å². The second-order valence-electron chi connectivity index (χ2n) is 6.79. The van der Waals surface area contributed by atoms with Crippen LogP contribution in [0.1, 0.15) is 0 Å². The molecule has 2 aromatic carbocycles. The molecule has 2 aromatic rings. The van der Waals surface area contributed by atoms with Gasteiger partial charge < -0.3 is 28.4 Å². The van der Waals surface area contributed by atoms with Crippen molar-refractivity contribution < 1.29 is 54.4 Å². The number of hydrogen-bond acceptors (Lipinski definition) is 10. The second kappa shape index (κ2) is 11.7. The number of benzene rings is 2. The third kappa shape index (κ3) is 7.72. The van der Waals surface area contributed by atoms with Crippen molar-refractivity contribution in [1.82, 2.24) is 0 Å². The normalized spacial score (nSPS) is 16.8. The minimum Gasteiger partial charge on any atom is -0.487 e. The zero-order valence-corrected chi connectivity index (χ0v) is 19.5. The van der Waals surface area contributed by atoms with E-state index >= 15 is 0 Å². The zero-order valence-electron chi connectivity index (χ0n) is 17.9. The summed E-state index contributed by atoms with van der Waals surface area (Å²) in [4.78, 5) is -0.675. The van der Waals surface area contributed by atoms with Crippen LogP contribution in [0.4, 0.5) is 0 Å². The zero-order chi connectivity index (χ0) is 24.6. The van der Waals surface area contributed by atoms with Crippen LogP contribution in [0.3, 0.4) is 0 Å². The molecule has 188 valence electrons. The van der Waals surface area contributed by atoms with Crippen molar-refractivity contribution >= 4 is 20.2 Å². The molecule has 0 bridgehead atoms. The van der Waals surface area contributed by atoms with E-state index < -0.39 is 20.2 Å². The van der Waals surface area contributed by atoms with Crippen LogP contribution in [0.25, 0.3) is 0 Å². The summed E-state index contributed by atoms with van der Waals surface area (Å²) in [7, 11) is -8.84. The fourth-order valence-corrected chi connectivity index (χ4v) is 3.80. The Hall–Kier alpha value is -2.62. The highest BCUT2D eigenvalue weighted by molar-refractivity contribution is 7.86. The Morgan fingerprint density at radius 1 is 0.500 bits per heavy atom. The molecule has 3 rings (SSSR count). The molecule has 0 fully saturated rings. The van der Waals surface area contributed by atoms with E-state index in [1.165, 1.54) is 24.3 Å². The van der Waals surface area contributed by atoms with Gasteiger partial charge in [0.15, 0.2) is 23.0 Å². The first-order chi connectivity index (χ1) is 16.1. The second-order valence-corrected chi connectivity index (χ2v) is 9.63. The average Bonchev–Trinajstić information content (AvgIpc) is 2.77. The number of hydrogen-bond donors (Lipinski definition) is 2. The number of rotatable bonds is 2. The van der Waals surface area contributed by atoms with Gasteiger partial charge in [-0.2, -0.15) is 16.8 Å². The third-order valence-electron chi connectivity index (χ3n) is 4.37. The fourth-order valence-electron chi connectivity index (χ4n) is 2.81. The van der Waals surface area contributed by atoms with Crippen molar-refractivity contribution in [2.24, 2.45) is 0 Å². The Kier molecular flexibility index (Phi) is 8.93. The quantitative estimate of drug-likeness (QED) is 0.548. The van der Waals surface area contributed by atoms with Gasteiger partial charge in [-0.3, -0.25) is 9.11 Å². The monoisotopic (exact) mass is 520 g/mol. The Bertz CT molecular complexity index is 1080. The molecular formula is C20H24O12S2. The summed E-state index contributed by atoms with van der Waals surface area (Å²) in [6, 6.07) is 7.39. The molecule has 1 aliphatic heterocycles. The van der Waals surface area contributed by atoms with Crippen LogP contribution < -0.4 is 18.9 Å². The molecule has 1 aliphatic rings. The first-order valence-corrected chi connectivity index (χ1v) is 12.9. The van der Waals surface area contributed by atoms with Crippen LogP contribution in [0, 0.1) is 0 Å².